The summed E-state index contributed by atoms with van der Waals surface area (Å²) in [6.45, 7) is 3.57. The third-order valence-electron chi connectivity index (χ3n) is 6.30. The Morgan fingerprint density at radius 3 is 2.06 bits per heavy atom. The quantitative estimate of drug-likeness (QED) is 0.187. The van der Waals surface area contributed by atoms with Crippen molar-refractivity contribution in [3.63, 3.8) is 0 Å². The predicted molar refractivity (Wildman–Crippen MR) is 154 cm³/mol. The Balaban J connectivity index is 1.41. The maximum Gasteiger partial charge on any atom is 0.251 e. The van der Waals surface area contributed by atoms with Crippen molar-refractivity contribution < 1.29 is 9.53 Å². The van der Waals surface area contributed by atoms with Crippen molar-refractivity contribution in [1.82, 2.24) is 5.32 Å². The molecule has 0 saturated carbocycles. The van der Waals surface area contributed by atoms with Gasteiger partial charge in [-0.25, -0.2) is 0 Å². The minimum Gasteiger partial charge on any atom is -0.494 e. The number of benzene rings is 3. The number of hydrogen-bond acceptors (Lipinski definition) is 3. The van der Waals surface area contributed by atoms with E-state index in [9.17, 15) is 4.79 Å². The predicted octanol–water partition coefficient (Wildman–Crippen LogP) is 8.61. The molecular weight excluding hydrogens is 462 g/mol. The first-order chi connectivity index (χ1) is 17.8. The SMILES string of the molecule is CCCCCCCCCCOc1ccc(C(=O)NC[C@H](SCc2ccccc2)c2ccccc2)cc1. The lowest BCUT2D eigenvalue weighted by atomic mass is 10.1. The molecule has 1 atom stereocenters. The second kappa shape index (κ2) is 16.9. The van der Waals surface area contributed by atoms with Crippen LogP contribution in [0.4, 0.5) is 0 Å². The Hall–Kier alpha value is -2.72. The summed E-state index contributed by atoms with van der Waals surface area (Å²) in [6, 6.07) is 28.4. The van der Waals surface area contributed by atoms with Gasteiger partial charge in [0, 0.05) is 23.1 Å². The zero-order chi connectivity index (χ0) is 25.3. The van der Waals surface area contributed by atoms with E-state index in [0.717, 1.165) is 24.5 Å². The third kappa shape index (κ3) is 10.5. The largest absolute Gasteiger partial charge is 0.494 e. The minimum absolute atomic E-state index is 0.0501. The van der Waals surface area contributed by atoms with Crippen LogP contribution in [0, 0.1) is 0 Å². The van der Waals surface area contributed by atoms with Crippen LogP contribution in [0.3, 0.4) is 0 Å². The summed E-state index contributed by atoms with van der Waals surface area (Å²) in [5.41, 5.74) is 3.18. The van der Waals surface area contributed by atoms with E-state index in [1.165, 1.54) is 56.1 Å². The summed E-state index contributed by atoms with van der Waals surface area (Å²) in [5.74, 6) is 1.68. The fourth-order valence-electron chi connectivity index (χ4n) is 4.13. The fourth-order valence-corrected chi connectivity index (χ4v) is 5.26. The van der Waals surface area contributed by atoms with Crippen LogP contribution in [0.25, 0.3) is 0 Å². The average molecular weight is 504 g/mol. The molecule has 192 valence electrons. The summed E-state index contributed by atoms with van der Waals surface area (Å²) >= 11 is 1.85. The fraction of sp³-hybridized carbons (Fsp3) is 0.406. The molecule has 3 aromatic rings. The molecule has 4 heteroatoms. The van der Waals surface area contributed by atoms with Crippen molar-refractivity contribution in [2.24, 2.45) is 0 Å². The van der Waals surface area contributed by atoms with Crippen molar-refractivity contribution in [2.75, 3.05) is 13.2 Å². The number of unbranched alkanes of at least 4 members (excludes halogenated alkanes) is 7. The van der Waals surface area contributed by atoms with Crippen molar-refractivity contribution in [3.05, 3.63) is 102 Å². The Labute approximate surface area is 222 Å². The van der Waals surface area contributed by atoms with Crippen LogP contribution in [0.1, 0.15) is 85.0 Å². The molecule has 3 rings (SSSR count). The van der Waals surface area contributed by atoms with Gasteiger partial charge in [-0.2, -0.15) is 0 Å². The molecule has 1 amide bonds. The summed E-state index contributed by atoms with van der Waals surface area (Å²) in [6.07, 6.45) is 10.3. The van der Waals surface area contributed by atoms with Crippen molar-refractivity contribution >= 4 is 17.7 Å². The van der Waals surface area contributed by atoms with Gasteiger partial charge < -0.3 is 10.1 Å². The number of carbonyl (C=O) groups is 1. The molecule has 36 heavy (non-hydrogen) atoms. The molecule has 0 radical (unpaired) electrons. The van der Waals surface area contributed by atoms with Gasteiger partial charge in [-0.3, -0.25) is 4.79 Å². The highest BCUT2D eigenvalue weighted by molar-refractivity contribution is 7.98. The molecule has 3 aromatic carbocycles. The van der Waals surface area contributed by atoms with Gasteiger partial charge in [-0.05, 0) is 41.8 Å². The summed E-state index contributed by atoms with van der Waals surface area (Å²) < 4.78 is 5.88. The number of ether oxygens (including phenoxy) is 1. The van der Waals surface area contributed by atoms with Crippen LogP contribution in [0.15, 0.2) is 84.9 Å². The van der Waals surface area contributed by atoms with Crippen LogP contribution >= 0.6 is 11.8 Å². The Morgan fingerprint density at radius 1 is 0.778 bits per heavy atom. The number of amides is 1. The maximum atomic E-state index is 12.8. The molecule has 0 spiro atoms. The molecule has 0 unspecified atom stereocenters. The number of rotatable bonds is 17. The highest BCUT2D eigenvalue weighted by atomic mass is 32.2. The highest BCUT2D eigenvalue weighted by Crippen LogP contribution is 2.31. The van der Waals surface area contributed by atoms with Gasteiger partial charge in [0.15, 0.2) is 0 Å². The van der Waals surface area contributed by atoms with Crippen LogP contribution < -0.4 is 10.1 Å². The molecule has 0 aromatic heterocycles. The molecular formula is C32H41NO2S. The monoisotopic (exact) mass is 503 g/mol. The summed E-state index contributed by atoms with van der Waals surface area (Å²) in [4.78, 5) is 12.8. The standard InChI is InChI=1S/C32H41NO2S/c1-2-3-4-5-6-7-8-15-24-35-30-22-20-29(21-23-30)32(34)33-25-31(28-18-13-10-14-19-28)36-26-27-16-11-9-12-17-27/h9-14,16-23,31H,2-8,15,24-26H2,1H3,(H,33,34)/t31-/m0/s1. The summed E-state index contributed by atoms with van der Waals surface area (Å²) in [5, 5.41) is 3.32. The molecule has 0 saturated heterocycles. The number of carbonyl (C=O) groups excluding carboxylic acids is 1. The molecule has 0 aliphatic rings. The van der Waals surface area contributed by atoms with Crippen molar-refractivity contribution in [3.8, 4) is 5.75 Å². The van der Waals surface area contributed by atoms with Gasteiger partial charge in [0.2, 0.25) is 0 Å². The van der Waals surface area contributed by atoms with Gasteiger partial charge in [-0.1, -0.05) is 113 Å². The van der Waals surface area contributed by atoms with Crippen molar-refractivity contribution in [1.29, 1.82) is 0 Å². The van der Waals surface area contributed by atoms with E-state index in [4.69, 9.17) is 4.74 Å². The Kier molecular flexibility index (Phi) is 13.0. The zero-order valence-electron chi connectivity index (χ0n) is 21.7. The molecule has 1 N–H and O–H groups in total. The Morgan fingerprint density at radius 2 is 1.39 bits per heavy atom. The first kappa shape index (κ1) is 27.9. The van der Waals surface area contributed by atoms with E-state index in [1.54, 1.807) is 0 Å². The topological polar surface area (TPSA) is 38.3 Å². The van der Waals surface area contributed by atoms with E-state index in [0.29, 0.717) is 12.1 Å². The zero-order valence-corrected chi connectivity index (χ0v) is 22.5. The van der Waals surface area contributed by atoms with Gasteiger partial charge in [-0.15, -0.1) is 11.8 Å². The highest BCUT2D eigenvalue weighted by Gasteiger charge is 2.15. The molecule has 3 nitrogen and oxygen atoms in total. The van der Waals surface area contributed by atoms with Gasteiger partial charge in [0.05, 0.1) is 6.61 Å². The van der Waals surface area contributed by atoms with Gasteiger partial charge in [0.25, 0.3) is 5.91 Å². The van der Waals surface area contributed by atoms with Crippen LogP contribution in [0.2, 0.25) is 0 Å². The molecule has 0 bridgehead atoms. The lowest BCUT2D eigenvalue weighted by Crippen LogP contribution is -2.27. The summed E-state index contributed by atoms with van der Waals surface area (Å²) in [7, 11) is 0. The second-order valence-corrected chi connectivity index (χ2v) is 10.4. The lowest BCUT2D eigenvalue weighted by Gasteiger charge is -2.18. The lowest BCUT2D eigenvalue weighted by molar-refractivity contribution is 0.0954. The minimum atomic E-state index is -0.0501. The molecule has 0 fully saturated rings. The second-order valence-electron chi connectivity index (χ2n) is 9.25. The maximum absolute atomic E-state index is 12.8. The normalized spacial score (nSPS) is 11.7. The van der Waals surface area contributed by atoms with E-state index in [-0.39, 0.29) is 11.2 Å². The average Bonchev–Trinajstić information content (AvgIpc) is 2.93. The van der Waals surface area contributed by atoms with E-state index in [1.807, 2.05) is 48.2 Å². The smallest absolute Gasteiger partial charge is 0.251 e. The molecule has 0 aliphatic carbocycles. The van der Waals surface area contributed by atoms with Crippen molar-refractivity contribution in [2.45, 2.75) is 69.3 Å². The first-order valence-corrected chi connectivity index (χ1v) is 14.5. The van der Waals surface area contributed by atoms with Gasteiger partial charge in [0.1, 0.15) is 5.75 Å². The molecule has 0 aliphatic heterocycles. The molecule has 0 heterocycles. The van der Waals surface area contributed by atoms with E-state index in [2.05, 4.69) is 60.8 Å². The van der Waals surface area contributed by atoms with Crippen LogP contribution in [0.5, 0.6) is 5.75 Å². The van der Waals surface area contributed by atoms with E-state index >= 15 is 0 Å². The number of hydrogen-bond donors (Lipinski definition) is 1. The van der Waals surface area contributed by atoms with Crippen LogP contribution in [-0.4, -0.2) is 19.1 Å². The third-order valence-corrected chi connectivity index (χ3v) is 7.64. The van der Waals surface area contributed by atoms with Crippen LogP contribution in [-0.2, 0) is 5.75 Å². The van der Waals surface area contributed by atoms with Gasteiger partial charge >= 0.3 is 0 Å². The Bertz CT molecular complexity index is 976. The number of thioether (sulfide) groups is 1. The first-order valence-electron chi connectivity index (χ1n) is 13.5. The number of nitrogens with one attached hydrogen (secondary N) is 1. The van der Waals surface area contributed by atoms with E-state index < -0.39 is 0 Å².